The van der Waals surface area contributed by atoms with Gasteiger partial charge in [0.1, 0.15) is 5.78 Å². The normalized spacial score (nSPS) is 28.5. The molecule has 2 heterocycles. The number of aryl methyl sites for hydroxylation is 1. The average molecular weight is 411 g/mol. The molecule has 2 atom stereocenters. The quantitative estimate of drug-likeness (QED) is 0.505. The summed E-state index contributed by atoms with van der Waals surface area (Å²) in [7, 11) is -7.60. The topological polar surface area (TPSA) is 128 Å². The predicted octanol–water partition coefficient (Wildman–Crippen LogP) is 1.44. The van der Waals surface area contributed by atoms with Crippen molar-refractivity contribution in [2.75, 3.05) is 11.5 Å². The average Bonchev–Trinajstić information content (AvgIpc) is 2.77. The fourth-order valence-electron chi connectivity index (χ4n) is 4.44. The number of benzene rings is 1. The van der Waals surface area contributed by atoms with Gasteiger partial charge in [0.05, 0.1) is 32.5 Å². The van der Waals surface area contributed by atoms with Gasteiger partial charge < -0.3 is 0 Å². The standard InChI is InChI=1S/C17H17NO7S2/c19-15-6-7-26(22,23)17-12-3-1-2-10-4-5-11(18(20)21)8-13(10)16(12)27(24,25)9-14(15)17/h4-5,8,14,17H,1-3,6-7,9H2. The lowest BCUT2D eigenvalue weighted by molar-refractivity contribution is -0.384. The maximum atomic E-state index is 13.0. The van der Waals surface area contributed by atoms with E-state index in [1.54, 1.807) is 0 Å². The molecule has 0 saturated carbocycles. The molecule has 1 fully saturated rings. The van der Waals surface area contributed by atoms with Crippen molar-refractivity contribution in [3.8, 4) is 0 Å². The molecule has 1 aromatic rings. The molecule has 0 aromatic heterocycles. The number of ketones is 1. The molecular weight excluding hydrogens is 394 g/mol. The van der Waals surface area contributed by atoms with E-state index in [2.05, 4.69) is 0 Å². The van der Waals surface area contributed by atoms with E-state index < -0.39 is 41.5 Å². The predicted molar refractivity (Wildman–Crippen MR) is 97.4 cm³/mol. The summed E-state index contributed by atoms with van der Waals surface area (Å²) in [6, 6.07) is 4.07. The minimum atomic E-state index is -3.94. The first kappa shape index (κ1) is 18.3. The molecule has 8 nitrogen and oxygen atoms in total. The molecule has 10 heteroatoms. The zero-order valence-corrected chi connectivity index (χ0v) is 15.9. The Morgan fingerprint density at radius 2 is 1.81 bits per heavy atom. The van der Waals surface area contributed by atoms with Crippen molar-refractivity contribution in [2.24, 2.45) is 5.92 Å². The second kappa shape index (κ2) is 5.96. The van der Waals surface area contributed by atoms with Gasteiger partial charge in [-0.25, -0.2) is 16.8 Å². The summed E-state index contributed by atoms with van der Waals surface area (Å²) in [6.45, 7) is 0. The summed E-state index contributed by atoms with van der Waals surface area (Å²) in [5.41, 5.74) is 0.844. The molecule has 27 heavy (non-hydrogen) atoms. The lowest BCUT2D eigenvalue weighted by atomic mass is 9.91. The third kappa shape index (κ3) is 2.82. The van der Waals surface area contributed by atoms with E-state index in [0.29, 0.717) is 18.4 Å². The van der Waals surface area contributed by atoms with Crippen LogP contribution >= 0.6 is 0 Å². The van der Waals surface area contributed by atoms with E-state index >= 15 is 0 Å². The first-order chi connectivity index (χ1) is 12.6. The maximum Gasteiger partial charge on any atom is 0.270 e. The Hall–Kier alpha value is -2.07. The molecule has 0 amide bonds. The van der Waals surface area contributed by atoms with Crippen LogP contribution in [0.5, 0.6) is 0 Å². The molecule has 4 rings (SSSR count). The van der Waals surface area contributed by atoms with Crippen LogP contribution in [0, 0.1) is 16.0 Å². The van der Waals surface area contributed by atoms with Crippen LogP contribution in [0.3, 0.4) is 0 Å². The summed E-state index contributed by atoms with van der Waals surface area (Å²) in [5, 5.41) is 10.0. The highest BCUT2D eigenvalue weighted by molar-refractivity contribution is 8.01. The highest BCUT2D eigenvalue weighted by Gasteiger charge is 2.52. The van der Waals surface area contributed by atoms with E-state index in [-0.39, 0.29) is 46.1 Å². The second-order valence-electron chi connectivity index (χ2n) is 7.20. The number of nitro benzene ring substituents is 1. The Kier molecular flexibility index (Phi) is 4.04. The van der Waals surface area contributed by atoms with Gasteiger partial charge in [0, 0.05) is 24.1 Å². The number of nitrogens with zero attached hydrogens (tertiary/aromatic N) is 1. The Morgan fingerprint density at radius 1 is 1.07 bits per heavy atom. The fraction of sp³-hybridized carbons (Fsp3) is 0.471. The number of sulfone groups is 2. The van der Waals surface area contributed by atoms with Crippen LogP contribution < -0.4 is 0 Å². The molecular formula is C17H17NO7S2. The Bertz CT molecular complexity index is 1120. The largest absolute Gasteiger partial charge is 0.299 e. The molecule has 144 valence electrons. The third-order valence-electron chi connectivity index (χ3n) is 5.59. The Morgan fingerprint density at radius 3 is 2.52 bits per heavy atom. The molecule has 1 saturated heterocycles. The van der Waals surface area contributed by atoms with Gasteiger partial charge in [0.15, 0.2) is 19.7 Å². The van der Waals surface area contributed by atoms with Gasteiger partial charge in [0.25, 0.3) is 5.69 Å². The van der Waals surface area contributed by atoms with E-state index in [4.69, 9.17) is 0 Å². The van der Waals surface area contributed by atoms with Crippen molar-refractivity contribution in [3.63, 3.8) is 0 Å². The first-order valence-electron chi connectivity index (χ1n) is 8.59. The molecule has 0 N–H and O–H groups in total. The van der Waals surface area contributed by atoms with Crippen LogP contribution in [0.4, 0.5) is 5.69 Å². The fourth-order valence-corrected chi connectivity index (χ4v) is 8.96. The maximum absolute atomic E-state index is 13.0. The third-order valence-corrected chi connectivity index (χ3v) is 9.65. The van der Waals surface area contributed by atoms with Crippen molar-refractivity contribution in [1.29, 1.82) is 0 Å². The van der Waals surface area contributed by atoms with Gasteiger partial charge in [-0.05, 0) is 30.4 Å². The second-order valence-corrected chi connectivity index (χ2v) is 11.4. The number of Topliss-reactive ketones (excluding diaryl/α,β-unsaturated/α-hetero) is 1. The minimum Gasteiger partial charge on any atom is -0.299 e. The number of nitro groups is 1. The van der Waals surface area contributed by atoms with Crippen LogP contribution in [0.15, 0.2) is 23.8 Å². The molecule has 2 aliphatic heterocycles. The molecule has 0 spiro atoms. The van der Waals surface area contributed by atoms with Gasteiger partial charge in [-0.3, -0.25) is 14.9 Å². The number of carbonyl (C=O) groups is 1. The summed E-state index contributed by atoms with van der Waals surface area (Å²) >= 11 is 0. The smallest absolute Gasteiger partial charge is 0.270 e. The van der Waals surface area contributed by atoms with Crippen LogP contribution in [0.1, 0.15) is 30.4 Å². The number of fused-ring (bicyclic) bond motifs is 4. The lowest BCUT2D eigenvalue weighted by Crippen LogP contribution is -2.49. The molecule has 0 bridgehead atoms. The zero-order valence-electron chi connectivity index (χ0n) is 14.3. The van der Waals surface area contributed by atoms with Crippen LogP contribution in [0.25, 0.3) is 4.91 Å². The Labute approximate surface area is 156 Å². The summed E-state index contributed by atoms with van der Waals surface area (Å²) in [6.07, 6.45) is 1.09. The number of non-ortho nitro benzene ring substituents is 1. The number of hydrogen-bond donors (Lipinski definition) is 0. The summed E-state index contributed by atoms with van der Waals surface area (Å²) in [4.78, 5) is 22.8. The van der Waals surface area contributed by atoms with E-state index in [1.807, 2.05) is 0 Å². The van der Waals surface area contributed by atoms with Crippen LogP contribution in [-0.4, -0.2) is 44.3 Å². The van der Waals surface area contributed by atoms with Gasteiger partial charge in [0.2, 0.25) is 0 Å². The van der Waals surface area contributed by atoms with Gasteiger partial charge in [-0.1, -0.05) is 6.07 Å². The molecule has 0 radical (unpaired) electrons. The molecule has 2 unspecified atom stereocenters. The molecule has 3 aliphatic rings. The van der Waals surface area contributed by atoms with Crippen LogP contribution in [-0.2, 0) is 30.9 Å². The van der Waals surface area contributed by atoms with Crippen molar-refractivity contribution in [3.05, 3.63) is 45.0 Å². The van der Waals surface area contributed by atoms with Crippen molar-refractivity contribution in [1.82, 2.24) is 0 Å². The first-order valence-corrected chi connectivity index (χ1v) is 12.0. The summed E-state index contributed by atoms with van der Waals surface area (Å²) in [5.74, 6) is -2.26. The number of rotatable bonds is 1. The van der Waals surface area contributed by atoms with Crippen molar-refractivity contribution >= 4 is 36.1 Å². The zero-order chi connectivity index (χ0) is 19.6. The number of carbonyl (C=O) groups excluding carboxylic acids is 1. The monoisotopic (exact) mass is 411 g/mol. The SMILES string of the molecule is O=C1CCS(=O)(=O)C2C3=C(c4cc([N+](=O)[O-])ccc4CCC3)S(=O)(=O)CC12. The lowest BCUT2D eigenvalue weighted by Gasteiger charge is -2.36. The van der Waals surface area contributed by atoms with Gasteiger partial charge >= 0.3 is 0 Å². The number of hydrogen-bond acceptors (Lipinski definition) is 7. The van der Waals surface area contributed by atoms with Gasteiger partial charge in [-0.2, -0.15) is 0 Å². The Balaban J connectivity index is 2.04. The van der Waals surface area contributed by atoms with E-state index in [1.165, 1.54) is 18.2 Å². The van der Waals surface area contributed by atoms with Crippen molar-refractivity contribution < 1.29 is 26.6 Å². The molecule has 1 aliphatic carbocycles. The summed E-state index contributed by atoms with van der Waals surface area (Å²) < 4.78 is 51.6. The van der Waals surface area contributed by atoms with E-state index in [0.717, 1.165) is 0 Å². The minimum absolute atomic E-state index is 0.113. The van der Waals surface area contributed by atoms with Crippen LogP contribution in [0.2, 0.25) is 0 Å². The van der Waals surface area contributed by atoms with Gasteiger partial charge in [-0.15, -0.1) is 0 Å². The van der Waals surface area contributed by atoms with Crippen molar-refractivity contribution in [2.45, 2.75) is 30.9 Å². The highest BCUT2D eigenvalue weighted by atomic mass is 32.2. The van der Waals surface area contributed by atoms with E-state index in [9.17, 15) is 31.7 Å². The highest BCUT2D eigenvalue weighted by Crippen LogP contribution is 2.46. The molecule has 1 aromatic carbocycles.